The third-order valence-electron chi connectivity index (χ3n) is 3.91. The number of methoxy groups -OCH3 is 1. The molecule has 124 valence electrons. The van der Waals surface area contributed by atoms with Crippen molar-refractivity contribution in [3.8, 4) is 5.75 Å². The molecule has 4 N–H and O–H groups in total. The van der Waals surface area contributed by atoms with Gasteiger partial charge in [0.2, 0.25) is 5.95 Å². The SMILES string of the molecule is COc1cc(Cn2ccnc2)ccc1Cc1c(C)nc(N)nc1N. The normalized spacial score (nSPS) is 10.8. The third kappa shape index (κ3) is 3.29. The van der Waals surface area contributed by atoms with E-state index < -0.39 is 0 Å². The monoisotopic (exact) mass is 324 g/mol. The number of benzene rings is 1. The Balaban J connectivity index is 1.88. The molecule has 3 aromatic rings. The Morgan fingerprint density at radius 2 is 2.04 bits per heavy atom. The summed E-state index contributed by atoms with van der Waals surface area (Å²) in [6.45, 7) is 2.62. The van der Waals surface area contributed by atoms with Gasteiger partial charge in [-0.3, -0.25) is 0 Å². The standard InChI is InChI=1S/C17H20N6O/c1-11-14(16(18)22-17(19)21-11)8-13-4-3-12(7-15(13)24-2)9-23-6-5-20-10-23/h3-7,10H,8-9H2,1-2H3,(H4,18,19,21,22). The van der Waals surface area contributed by atoms with E-state index in [4.69, 9.17) is 16.2 Å². The van der Waals surface area contributed by atoms with Gasteiger partial charge in [-0.1, -0.05) is 12.1 Å². The summed E-state index contributed by atoms with van der Waals surface area (Å²) in [5.41, 5.74) is 15.4. The minimum Gasteiger partial charge on any atom is -0.496 e. The molecule has 7 nitrogen and oxygen atoms in total. The maximum Gasteiger partial charge on any atom is 0.222 e. The van der Waals surface area contributed by atoms with Crippen LogP contribution in [0.1, 0.15) is 22.4 Å². The van der Waals surface area contributed by atoms with Gasteiger partial charge in [0.1, 0.15) is 11.6 Å². The van der Waals surface area contributed by atoms with Gasteiger partial charge in [-0.05, 0) is 24.1 Å². The van der Waals surface area contributed by atoms with E-state index >= 15 is 0 Å². The minimum atomic E-state index is 0.191. The molecule has 3 rings (SSSR count). The Kier molecular flexibility index (Phi) is 4.33. The molecule has 0 fully saturated rings. The van der Waals surface area contributed by atoms with E-state index in [-0.39, 0.29) is 5.95 Å². The fraction of sp³-hybridized carbons (Fsp3) is 0.235. The largest absolute Gasteiger partial charge is 0.496 e. The Morgan fingerprint density at radius 3 is 2.71 bits per heavy atom. The fourth-order valence-corrected chi connectivity index (χ4v) is 2.67. The van der Waals surface area contributed by atoms with Crippen LogP contribution < -0.4 is 16.2 Å². The zero-order valence-corrected chi connectivity index (χ0v) is 13.7. The van der Waals surface area contributed by atoms with Crippen molar-refractivity contribution in [3.05, 3.63) is 59.3 Å². The topological polar surface area (TPSA) is 105 Å². The van der Waals surface area contributed by atoms with Crippen LogP contribution in [0.25, 0.3) is 0 Å². The molecule has 0 aliphatic heterocycles. The van der Waals surface area contributed by atoms with E-state index in [1.54, 1.807) is 19.6 Å². The molecule has 0 atom stereocenters. The molecule has 2 aromatic heterocycles. The van der Waals surface area contributed by atoms with Crippen molar-refractivity contribution in [3.63, 3.8) is 0 Å². The summed E-state index contributed by atoms with van der Waals surface area (Å²) in [5.74, 6) is 1.41. The Hall–Kier alpha value is -3.09. The second kappa shape index (κ2) is 6.57. The molecule has 0 amide bonds. The molecule has 0 saturated carbocycles. The zero-order chi connectivity index (χ0) is 17.1. The number of imidazole rings is 1. The van der Waals surface area contributed by atoms with Crippen LogP contribution in [-0.2, 0) is 13.0 Å². The number of anilines is 2. The molecule has 1 aromatic carbocycles. The van der Waals surface area contributed by atoms with Crippen LogP contribution >= 0.6 is 0 Å². The molecule has 0 bridgehead atoms. The van der Waals surface area contributed by atoms with Gasteiger partial charge >= 0.3 is 0 Å². The number of ether oxygens (including phenoxy) is 1. The van der Waals surface area contributed by atoms with Crippen molar-refractivity contribution in [2.24, 2.45) is 0 Å². The smallest absolute Gasteiger partial charge is 0.222 e. The number of hydrogen-bond acceptors (Lipinski definition) is 6. The molecule has 0 unspecified atom stereocenters. The number of nitrogens with zero attached hydrogens (tertiary/aromatic N) is 4. The first kappa shape index (κ1) is 15.8. The Labute approximate surface area is 140 Å². The number of rotatable bonds is 5. The van der Waals surface area contributed by atoms with Crippen molar-refractivity contribution in [1.29, 1.82) is 0 Å². The molecule has 2 heterocycles. The van der Waals surface area contributed by atoms with E-state index in [1.165, 1.54) is 0 Å². The van der Waals surface area contributed by atoms with Gasteiger partial charge in [0, 0.05) is 36.6 Å². The number of aryl methyl sites for hydroxylation is 1. The maximum absolute atomic E-state index is 6.00. The van der Waals surface area contributed by atoms with Gasteiger partial charge in [-0.15, -0.1) is 0 Å². The summed E-state index contributed by atoms with van der Waals surface area (Å²) in [5, 5.41) is 0. The second-order valence-corrected chi connectivity index (χ2v) is 5.59. The quantitative estimate of drug-likeness (QED) is 0.741. The van der Waals surface area contributed by atoms with Gasteiger partial charge in [0.25, 0.3) is 0 Å². The molecular weight excluding hydrogens is 304 g/mol. The van der Waals surface area contributed by atoms with E-state index in [1.807, 2.05) is 29.8 Å². The summed E-state index contributed by atoms with van der Waals surface area (Å²) in [7, 11) is 1.66. The van der Waals surface area contributed by atoms with Gasteiger partial charge in [-0.2, -0.15) is 4.98 Å². The van der Waals surface area contributed by atoms with Crippen LogP contribution in [0.2, 0.25) is 0 Å². The lowest BCUT2D eigenvalue weighted by atomic mass is 10.0. The van der Waals surface area contributed by atoms with E-state index in [9.17, 15) is 0 Å². The summed E-state index contributed by atoms with van der Waals surface area (Å²) in [4.78, 5) is 12.3. The van der Waals surface area contributed by atoms with E-state index in [0.29, 0.717) is 12.2 Å². The second-order valence-electron chi connectivity index (χ2n) is 5.59. The average molecular weight is 324 g/mol. The van der Waals surface area contributed by atoms with Gasteiger partial charge in [-0.25, -0.2) is 9.97 Å². The van der Waals surface area contributed by atoms with Crippen LogP contribution in [0.3, 0.4) is 0 Å². The van der Waals surface area contributed by atoms with Crippen LogP contribution in [0, 0.1) is 6.92 Å². The number of nitrogen functional groups attached to an aromatic ring is 2. The van der Waals surface area contributed by atoms with Gasteiger partial charge < -0.3 is 20.8 Å². The predicted octanol–water partition coefficient (Wildman–Crippen LogP) is 1.79. The van der Waals surface area contributed by atoms with Crippen molar-refractivity contribution >= 4 is 11.8 Å². The average Bonchev–Trinajstić information content (AvgIpc) is 3.04. The highest BCUT2D eigenvalue weighted by molar-refractivity contribution is 5.50. The highest BCUT2D eigenvalue weighted by Gasteiger charge is 2.12. The lowest BCUT2D eigenvalue weighted by Crippen LogP contribution is -2.08. The Bertz CT molecular complexity index is 821. The van der Waals surface area contributed by atoms with Crippen LogP contribution in [0.4, 0.5) is 11.8 Å². The van der Waals surface area contributed by atoms with E-state index in [2.05, 4.69) is 21.0 Å². The molecule has 0 radical (unpaired) electrons. The van der Waals surface area contributed by atoms with E-state index in [0.717, 1.165) is 34.7 Å². The van der Waals surface area contributed by atoms with Crippen molar-refractivity contribution < 1.29 is 4.74 Å². The molecule has 24 heavy (non-hydrogen) atoms. The first-order valence-corrected chi connectivity index (χ1v) is 7.57. The van der Waals surface area contributed by atoms with Crippen LogP contribution in [-0.4, -0.2) is 26.6 Å². The highest BCUT2D eigenvalue weighted by Crippen LogP contribution is 2.26. The van der Waals surface area contributed by atoms with Crippen LogP contribution in [0.5, 0.6) is 5.75 Å². The molecular formula is C17H20N6O. The lowest BCUT2D eigenvalue weighted by molar-refractivity contribution is 0.410. The predicted molar refractivity (Wildman–Crippen MR) is 92.7 cm³/mol. The minimum absolute atomic E-state index is 0.191. The van der Waals surface area contributed by atoms with Crippen molar-refractivity contribution in [1.82, 2.24) is 19.5 Å². The number of aromatic nitrogens is 4. The summed E-state index contributed by atoms with van der Waals surface area (Å²) in [6.07, 6.45) is 6.07. The molecule has 7 heteroatoms. The van der Waals surface area contributed by atoms with Crippen LogP contribution in [0.15, 0.2) is 36.9 Å². The first-order valence-electron chi connectivity index (χ1n) is 7.57. The fourth-order valence-electron chi connectivity index (χ4n) is 2.67. The zero-order valence-electron chi connectivity index (χ0n) is 13.7. The van der Waals surface area contributed by atoms with Crippen molar-refractivity contribution in [2.45, 2.75) is 19.9 Å². The molecule has 0 spiro atoms. The molecule has 0 saturated heterocycles. The van der Waals surface area contributed by atoms with Crippen molar-refractivity contribution in [2.75, 3.05) is 18.6 Å². The molecule has 0 aliphatic rings. The maximum atomic E-state index is 6.00. The summed E-state index contributed by atoms with van der Waals surface area (Å²) < 4.78 is 7.55. The Morgan fingerprint density at radius 1 is 1.21 bits per heavy atom. The highest BCUT2D eigenvalue weighted by atomic mass is 16.5. The summed E-state index contributed by atoms with van der Waals surface area (Å²) >= 11 is 0. The lowest BCUT2D eigenvalue weighted by Gasteiger charge is -2.13. The van der Waals surface area contributed by atoms with Gasteiger partial charge in [0.05, 0.1) is 13.4 Å². The number of nitrogens with two attached hydrogens (primary N) is 2. The number of hydrogen-bond donors (Lipinski definition) is 2. The first-order chi connectivity index (χ1) is 11.6. The molecule has 0 aliphatic carbocycles. The van der Waals surface area contributed by atoms with Gasteiger partial charge in [0.15, 0.2) is 0 Å². The third-order valence-corrected chi connectivity index (χ3v) is 3.91. The summed E-state index contributed by atoms with van der Waals surface area (Å²) in [6, 6.07) is 6.14.